The van der Waals surface area contributed by atoms with Crippen LogP contribution in [0, 0.1) is 0 Å². The van der Waals surface area contributed by atoms with Crippen molar-refractivity contribution in [3.05, 3.63) is 60.8 Å². The summed E-state index contributed by atoms with van der Waals surface area (Å²) in [6.45, 7) is 10.7. The molecule has 0 aliphatic heterocycles. The molecular formula is C57H106O3. The number of rotatable bonds is 51. The van der Waals surface area contributed by atoms with E-state index >= 15 is 0 Å². The molecule has 0 heterocycles. The van der Waals surface area contributed by atoms with Crippen LogP contribution in [0.5, 0.6) is 0 Å². The van der Waals surface area contributed by atoms with E-state index in [-0.39, 0.29) is 6.10 Å². The molecule has 0 aromatic heterocycles. The second-order valence-corrected chi connectivity index (χ2v) is 17.7. The average molecular weight is 839 g/mol. The molecule has 0 fully saturated rings. The van der Waals surface area contributed by atoms with Crippen LogP contribution in [0.1, 0.15) is 265 Å². The molecule has 352 valence electrons. The SMILES string of the molecule is CCCCC/C=C\C/C=C\CCCCCCCCOCC(COCCCCCCCC/C=C\CCCCCCCC)OCCCCCCCC/C=C\C/C=C\CCCCC. The largest absolute Gasteiger partial charge is 0.379 e. The van der Waals surface area contributed by atoms with Crippen LogP contribution in [0.15, 0.2) is 60.8 Å². The molecule has 0 N–H and O–H groups in total. The van der Waals surface area contributed by atoms with Gasteiger partial charge in [-0.2, -0.15) is 0 Å². The Morgan fingerprint density at radius 2 is 0.517 bits per heavy atom. The number of allylic oxidation sites excluding steroid dienone is 10. The topological polar surface area (TPSA) is 27.7 Å². The van der Waals surface area contributed by atoms with Gasteiger partial charge in [0.15, 0.2) is 0 Å². The van der Waals surface area contributed by atoms with Crippen molar-refractivity contribution in [2.24, 2.45) is 0 Å². The first-order chi connectivity index (χ1) is 29.8. The van der Waals surface area contributed by atoms with Crippen LogP contribution in [0.2, 0.25) is 0 Å². The Bertz CT molecular complexity index is 916. The lowest BCUT2D eigenvalue weighted by Gasteiger charge is -2.18. The summed E-state index contributed by atoms with van der Waals surface area (Å²) in [6.07, 6.45) is 73.0. The number of ether oxygens (including phenoxy) is 3. The first-order valence-electron chi connectivity index (χ1n) is 26.9. The van der Waals surface area contributed by atoms with E-state index in [1.807, 2.05) is 0 Å². The predicted octanol–water partition coefficient (Wildman–Crippen LogP) is 19.1. The Morgan fingerprint density at radius 3 is 0.867 bits per heavy atom. The van der Waals surface area contributed by atoms with Crippen molar-refractivity contribution >= 4 is 0 Å². The van der Waals surface area contributed by atoms with Crippen molar-refractivity contribution < 1.29 is 14.2 Å². The van der Waals surface area contributed by atoms with Crippen LogP contribution in [-0.2, 0) is 14.2 Å². The van der Waals surface area contributed by atoms with E-state index < -0.39 is 0 Å². The summed E-state index contributed by atoms with van der Waals surface area (Å²) in [5.74, 6) is 0. The summed E-state index contributed by atoms with van der Waals surface area (Å²) in [6, 6.07) is 0. The highest BCUT2D eigenvalue weighted by molar-refractivity contribution is 4.93. The summed E-state index contributed by atoms with van der Waals surface area (Å²) in [7, 11) is 0. The van der Waals surface area contributed by atoms with Crippen LogP contribution >= 0.6 is 0 Å². The van der Waals surface area contributed by atoms with Crippen LogP contribution in [0.4, 0.5) is 0 Å². The third-order valence-electron chi connectivity index (χ3n) is 11.6. The second kappa shape index (κ2) is 55.6. The van der Waals surface area contributed by atoms with E-state index in [1.54, 1.807) is 0 Å². The van der Waals surface area contributed by atoms with Gasteiger partial charge in [-0.05, 0) is 109 Å². The minimum atomic E-state index is 0.0571. The number of hydrogen-bond acceptors (Lipinski definition) is 3. The molecule has 0 amide bonds. The molecule has 0 aromatic carbocycles. The fraction of sp³-hybridized carbons (Fsp3) is 0.825. The Kier molecular flexibility index (Phi) is 54.3. The fourth-order valence-electron chi connectivity index (χ4n) is 7.56. The van der Waals surface area contributed by atoms with Crippen LogP contribution in [-0.4, -0.2) is 39.1 Å². The van der Waals surface area contributed by atoms with Gasteiger partial charge in [-0.25, -0.2) is 0 Å². The lowest BCUT2D eigenvalue weighted by molar-refractivity contribution is -0.0616. The molecule has 0 aromatic rings. The highest BCUT2D eigenvalue weighted by atomic mass is 16.6. The maximum atomic E-state index is 6.35. The highest BCUT2D eigenvalue weighted by Gasteiger charge is 2.10. The van der Waals surface area contributed by atoms with E-state index in [1.165, 1.54) is 212 Å². The Balaban J connectivity index is 4.09. The van der Waals surface area contributed by atoms with Crippen LogP contribution in [0.25, 0.3) is 0 Å². The van der Waals surface area contributed by atoms with Gasteiger partial charge in [-0.1, -0.05) is 216 Å². The lowest BCUT2D eigenvalue weighted by Crippen LogP contribution is -2.26. The first-order valence-corrected chi connectivity index (χ1v) is 26.9. The van der Waals surface area contributed by atoms with Crippen molar-refractivity contribution in [1.29, 1.82) is 0 Å². The zero-order chi connectivity index (χ0) is 43.2. The third-order valence-corrected chi connectivity index (χ3v) is 11.6. The summed E-state index contributed by atoms with van der Waals surface area (Å²) in [5.41, 5.74) is 0. The molecule has 3 nitrogen and oxygen atoms in total. The zero-order valence-corrected chi connectivity index (χ0v) is 41.0. The van der Waals surface area contributed by atoms with Gasteiger partial charge in [0.2, 0.25) is 0 Å². The van der Waals surface area contributed by atoms with Gasteiger partial charge in [0.25, 0.3) is 0 Å². The lowest BCUT2D eigenvalue weighted by atomic mass is 10.1. The van der Waals surface area contributed by atoms with E-state index in [2.05, 4.69) is 81.5 Å². The van der Waals surface area contributed by atoms with Crippen molar-refractivity contribution in [3.8, 4) is 0 Å². The second-order valence-electron chi connectivity index (χ2n) is 17.7. The van der Waals surface area contributed by atoms with Gasteiger partial charge in [0.05, 0.1) is 13.2 Å². The molecule has 0 bridgehead atoms. The minimum absolute atomic E-state index is 0.0571. The van der Waals surface area contributed by atoms with Gasteiger partial charge >= 0.3 is 0 Å². The normalized spacial score (nSPS) is 12.9. The Labute approximate surface area is 377 Å². The quantitative estimate of drug-likeness (QED) is 0.0451. The van der Waals surface area contributed by atoms with Crippen molar-refractivity contribution in [1.82, 2.24) is 0 Å². The number of hydrogen-bond donors (Lipinski definition) is 0. The summed E-state index contributed by atoms with van der Waals surface area (Å²) < 4.78 is 18.7. The molecule has 0 aliphatic rings. The molecule has 3 heteroatoms. The predicted molar refractivity (Wildman–Crippen MR) is 270 cm³/mol. The molecule has 0 saturated carbocycles. The van der Waals surface area contributed by atoms with Gasteiger partial charge in [-0.3, -0.25) is 0 Å². The third kappa shape index (κ3) is 52.7. The number of unbranched alkanes of at least 4 members (excludes halogenated alkanes) is 30. The van der Waals surface area contributed by atoms with E-state index in [0.717, 1.165) is 51.9 Å². The van der Waals surface area contributed by atoms with Crippen molar-refractivity contribution in [3.63, 3.8) is 0 Å². The molecular weight excluding hydrogens is 733 g/mol. The molecule has 0 saturated heterocycles. The summed E-state index contributed by atoms with van der Waals surface area (Å²) in [4.78, 5) is 0. The van der Waals surface area contributed by atoms with Crippen LogP contribution < -0.4 is 0 Å². The molecule has 60 heavy (non-hydrogen) atoms. The molecule has 1 unspecified atom stereocenters. The maximum absolute atomic E-state index is 6.35. The highest BCUT2D eigenvalue weighted by Crippen LogP contribution is 2.13. The minimum Gasteiger partial charge on any atom is -0.379 e. The Hall–Kier alpha value is -1.42. The first kappa shape index (κ1) is 58.6. The Morgan fingerprint density at radius 1 is 0.267 bits per heavy atom. The van der Waals surface area contributed by atoms with E-state index in [4.69, 9.17) is 14.2 Å². The zero-order valence-electron chi connectivity index (χ0n) is 41.0. The molecule has 0 radical (unpaired) electrons. The van der Waals surface area contributed by atoms with Crippen LogP contribution in [0.3, 0.4) is 0 Å². The molecule has 0 rings (SSSR count). The average Bonchev–Trinajstić information content (AvgIpc) is 3.26. The standard InChI is InChI=1S/C57H106O3/c1-4-7-10-13-16-19-22-25-28-31-34-37-40-43-46-49-52-58-55-57(60-54-51-48-45-42-39-36-33-30-27-24-21-18-15-12-9-6-3)56-59-53-50-47-44-41-38-35-32-29-26-23-20-17-14-11-8-5-2/h16,18-19,21,25-30,57H,4-15,17,20,22-24,31-56H2,1-3H3/b19-16-,21-18-,28-25-,29-26-,30-27-. The maximum Gasteiger partial charge on any atom is 0.104 e. The van der Waals surface area contributed by atoms with Gasteiger partial charge in [-0.15, -0.1) is 0 Å². The summed E-state index contributed by atoms with van der Waals surface area (Å²) in [5, 5.41) is 0. The smallest absolute Gasteiger partial charge is 0.104 e. The summed E-state index contributed by atoms with van der Waals surface area (Å²) >= 11 is 0. The van der Waals surface area contributed by atoms with Gasteiger partial charge in [0.1, 0.15) is 6.10 Å². The van der Waals surface area contributed by atoms with Crippen molar-refractivity contribution in [2.45, 2.75) is 271 Å². The fourth-order valence-corrected chi connectivity index (χ4v) is 7.56. The van der Waals surface area contributed by atoms with E-state index in [0.29, 0.717) is 13.2 Å². The van der Waals surface area contributed by atoms with Gasteiger partial charge < -0.3 is 14.2 Å². The molecule has 0 aliphatic carbocycles. The van der Waals surface area contributed by atoms with E-state index in [9.17, 15) is 0 Å². The monoisotopic (exact) mass is 839 g/mol. The molecule has 0 spiro atoms. The van der Waals surface area contributed by atoms with Gasteiger partial charge in [0, 0.05) is 19.8 Å². The molecule has 1 atom stereocenters. The van der Waals surface area contributed by atoms with Crippen molar-refractivity contribution in [2.75, 3.05) is 33.0 Å².